The van der Waals surface area contributed by atoms with Crippen LogP contribution in [0.15, 0.2) is 53.3 Å². The van der Waals surface area contributed by atoms with E-state index in [1.54, 1.807) is 18.3 Å². The van der Waals surface area contributed by atoms with Crippen LogP contribution in [0.5, 0.6) is 0 Å². The third-order valence-electron chi connectivity index (χ3n) is 2.77. The van der Waals surface area contributed by atoms with Crippen LogP contribution in [-0.4, -0.2) is 15.9 Å². The number of aromatic amines is 1. The molecule has 94 valence electrons. The van der Waals surface area contributed by atoms with Crippen molar-refractivity contribution < 1.29 is 4.79 Å². The van der Waals surface area contributed by atoms with Crippen molar-refractivity contribution in [1.82, 2.24) is 9.97 Å². The number of H-pyrrole nitrogens is 1. The van der Waals surface area contributed by atoms with Gasteiger partial charge < -0.3 is 10.3 Å². The highest BCUT2D eigenvalue weighted by Gasteiger charge is 2.07. The Morgan fingerprint density at radius 2 is 2.11 bits per heavy atom. The van der Waals surface area contributed by atoms with E-state index in [-0.39, 0.29) is 5.91 Å². The topological polar surface area (TPSA) is 57.8 Å². The van der Waals surface area contributed by atoms with Gasteiger partial charge in [0.2, 0.25) is 0 Å². The number of nitrogens with one attached hydrogen (secondary N) is 2. The Morgan fingerprint density at radius 1 is 1.21 bits per heavy atom. The summed E-state index contributed by atoms with van der Waals surface area (Å²) in [4.78, 5) is 19.2. The van der Waals surface area contributed by atoms with Gasteiger partial charge in [-0.25, -0.2) is 4.98 Å². The van der Waals surface area contributed by atoms with E-state index in [1.165, 1.54) is 0 Å². The molecule has 2 heterocycles. The predicted molar refractivity (Wildman–Crippen MR) is 78.2 cm³/mol. The summed E-state index contributed by atoms with van der Waals surface area (Å²) in [5, 5.41) is 3.89. The molecular weight excluding hydrogens is 306 g/mol. The molecule has 0 aliphatic heterocycles. The summed E-state index contributed by atoms with van der Waals surface area (Å²) >= 11 is 3.29. The van der Waals surface area contributed by atoms with E-state index in [2.05, 4.69) is 31.2 Å². The molecule has 0 spiro atoms. The van der Waals surface area contributed by atoms with E-state index in [4.69, 9.17) is 0 Å². The van der Waals surface area contributed by atoms with Crippen LogP contribution in [0.2, 0.25) is 0 Å². The van der Waals surface area contributed by atoms with Crippen LogP contribution >= 0.6 is 15.9 Å². The molecule has 0 atom stereocenters. The SMILES string of the molecule is O=C(Nc1ccc2[nH]ccc2c1)c1ccc(Br)cn1. The van der Waals surface area contributed by atoms with Gasteiger partial charge in [-0.3, -0.25) is 4.79 Å². The third kappa shape index (κ3) is 2.51. The molecule has 0 aliphatic rings. The average Bonchev–Trinajstić information content (AvgIpc) is 2.87. The number of fused-ring (bicyclic) bond motifs is 1. The number of halogens is 1. The van der Waals surface area contributed by atoms with Crippen molar-refractivity contribution in [3.8, 4) is 0 Å². The maximum absolute atomic E-state index is 12.0. The number of hydrogen-bond acceptors (Lipinski definition) is 2. The smallest absolute Gasteiger partial charge is 0.274 e. The highest BCUT2D eigenvalue weighted by atomic mass is 79.9. The van der Waals surface area contributed by atoms with Gasteiger partial charge >= 0.3 is 0 Å². The van der Waals surface area contributed by atoms with Crippen molar-refractivity contribution >= 4 is 38.4 Å². The molecule has 0 bridgehead atoms. The quantitative estimate of drug-likeness (QED) is 0.759. The molecule has 0 fully saturated rings. The average molecular weight is 316 g/mol. The summed E-state index contributed by atoms with van der Waals surface area (Å²) in [7, 11) is 0. The number of hydrogen-bond donors (Lipinski definition) is 2. The van der Waals surface area contributed by atoms with E-state index < -0.39 is 0 Å². The molecule has 5 heteroatoms. The van der Waals surface area contributed by atoms with Gasteiger partial charge in [-0.1, -0.05) is 0 Å². The van der Waals surface area contributed by atoms with E-state index in [0.29, 0.717) is 5.69 Å². The molecular formula is C14H10BrN3O. The van der Waals surface area contributed by atoms with E-state index in [9.17, 15) is 4.79 Å². The number of nitrogens with zero attached hydrogens (tertiary/aromatic N) is 1. The highest BCUT2D eigenvalue weighted by molar-refractivity contribution is 9.10. The zero-order valence-corrected chi connectivity index (χ0v) is 11.4. The minimum atomic E-state index is -0.220. The van der Waals surface area contributed by atoms with Gasteiger partial charge in [0.1, 0.15) is 5.69 Å². The molecule has 0 unspecified atom stereocenters. The fourth-order valence-electron chi connectivity index (χ4n) is 1.84. The standard InChI is InChI=1S/C14H10BrN3O/c15-10-1-3-13(17-8-10)14(19)18-11-2-4-12-9(7-11)5-6-16-12/h1-8,16H,(H,18,19). The molecule has 4 nitrogen and oxygen atoms in total. The first-order chi connectivity index (χ1) is 9.22. The Morgan fingerprint density at radius 3 is 2.89 bits per heavy atom. The zero-order valence-electron chi connectivity index (χ0n) is 9.85. The maximum atomic E-state index is 12.0. The molecule has 3 aromatic rings. The summed E-state index contributed by atoms with van der Waals surface area (Å²) < 4.78 is 0.845. The molecule has 0 aliphatic carbocycles. The summed E-state index contributed by atoms with van der Waals surface area (Å²) in [6.45, 7) is 0. The first-order valence-corrected chi connectivity index (χ1v) is 6.52. The maximum Gasteiger partial charge on any atom is 0.274 e. The fraction of sp³-hybridized carbons (Fsp3) is 0. The van der Waals surface area contributed by atoms with Crippen LogP contribution < -0.4 is 5.32 Å². The van der Waals surface area contributed by atoms with Crippen LogP contribution in [0.3, 0.4) is 0 Å². The highest BCUT2D eigenvalue weighted by Crippen LogP contribution is 2.18. The van der Waals surface area contributed by atoms with Crippen LogP contribution in [0.4, 0.5) is 5.69 Å². The summed E-state index contributed by atoms with van der Waals surface area (Å²) in [5.74, 6) is -0.220. The van der Waals surface area contributed by atoms with Gasteiger partial charge in [0.05, 0.1) is 0 Å². The number of benzene rings is 1. The van der Waals surface area contributed by atoms with Crippen molar-refractivity contribution in [2.24, 2.45) is 0 Å². The summed E-state index contributed by atoms with van der Waals surface area (Å²) in [6, 6.07) is 11.1. The third-order valence-corrected chi connectivity index (χ3v) is 3.24. The van der Waals surface area contributed by atoms with Crippen molar-refractivity contribution in [1.29, 1.82) is 0 Å². The lowest BCUT2D eigenvalue weighted by Gasteiger charge is -2.04. The molecule has 1 aromatic carbocycles. The Balaban J connectivity index is 1.83. The van der Waals surface area contributed by atoms with Crippen molar-refractivity contribution in [2.45, 2.75) is 0 Å². The number of carbonyl (C=O) groups is 1. The van der Waals surface area contributed by atoms with E-state index >= 15 is 0 Å². The molecule has 0 saturated carbocycles. The lowest BCUT2D eigenvalue weighted by atomic mass is 10.2. The Hall–Kier alpha value is -2.14. The van der Waals surface area contributed by atoms with Gasteiger partial charge in [0.25, 0.3) is 5.91 Å². The first-order valence-electron chi connectivity index (χ1n) is 5.72. The van der Waals surface area contributed by atoms with E-state index in [0.717, 1.165) is 21.1 Å². The number of pyridine rings is 1. The fourth-order valence-corrected chi connectivity index (χ4v) is 2.07. The number of carbonyl (C=O) groups excluding carboxylic acids is 1. The number of rotatable bonds is 2. The second-order valence-electron chi connectivity index (χ2n) is 4.10. The summed E-state index contributed by atoms with van der Waals surface area (Å²) in [5.41, 5.74) is 2.18. The van der Waals surface area contributed by atoms with Crippen molar-refractivity contribution in [3.63, 3.8) is 0 Å². The molecule has 3 rings (SSSR count). The van der Waals surface area contributed by atoms with Gasteiger partial charge in [-0.05, 0) is 52.3 Å². The molecule has 19 heavy (non-hydrogen) atoms. The van der Waals surface area contributed by atoms with Crippen LogP contribution in [0.1, 0.15) is 10.5 Å². The first kappa shape index (κ1) is 11.9. The van der Waals surface area contributed by atoms with Crippen molar-refractivity contribution in [3.05, 3.63) is 59.0 Å². The van der Waals surface area contributed by atoms with Crippen LogP contribution in [0, 0.1) is 0 Å². The number of amides is 1. The molecule has 0 saturated heterocycles. The minimum absolute atomic E-state index is 0.220. The van der Waals surface area contributed by atoms with Crippen molar-refractivity contribution in [2.75, 3.05) is 5.32 Å². The summed E-state index contributed by atoms with van der Waals surface area (Å²) in [6.07, 6.45) is 3.47. The Kier molecular flexibility index (Phi) is 3.05. The monoisotopic (exact) mass is 315 g/mol. The number of aromatic nitrogens is 2. The Labute approximate surface area is 118 Å². The van der Waals surface area contributed by atoms with Gasteiger partial charge in [0.15, 0.2) is 0 Å². The lowest BCUT2D eigenvalue weighted by molar-refractivity contribution is 0.102. The van der Waals surface area contributed by atoms with Crippen LogP contribution in [0.25, 0.3) is 10.9 Å². The predicted octanol–water partition coefficient (Wildman–Crippen LogP) is 3.58. The molecule has 2 aromatic heterocycles. The molecule has 2 N–H and O–H groups in total. The number of anilines is 1. The molecule has 0 radical (unpaired) electrons. The largest absolute Gasteiger partial charge is 0.361 e. The molecule has 1 amide bonds. The minimum Gasteiger partial charge on any atom is -0.361 e. The van der Waals surface area contributed by atoms with Crippen LogP contribution in [-0.2, 0) is 0 Å². The Bertz CT molecular complexity index is 734. The van der Waals surface area contributed by atoms with E-state index in [1.807, 2.05) is 30.5 Å². The van der Waals surface area contributed by atoms with Gasteiger partial charge in [0, 0.05) is 33.5 Å². The second kappa shape index (κ2) is 4.85. The zero-order chi connectivity index (χ0) is 13.2. The normalized spacial score (nSPS) is 10.6. The lowest BCUT2D eigenvalue weighted by Crippen LogP contribution is -2.13. The second-order valence-corrected chi connectivity index (χ2v) is 5.01. The van der Waals surface area contributed by atoms with Gasteiger partial charge in [-0.2, -0.15) is 0 Å². The van der Waals surface area contributed by atoms with Gasteiger partial charge in [-0.15, -0.1) is 0 Å².